The molecule has 22 heteroatoms. The lowest BCUT2D eigenvalue weighted by atomic mass is 10.1. The van der Waals surface area contributed by atoms with E-state index in [-0.39, 0.29) is 55.6 Å². The second-order valence-electron chi connectivity index (χ2n) is 12.0. The van der Waals surface area contributed by atoms with E-state index in [2.05, 4.69) is 31.1 Å². The molecule has 0 atom stereocenters. The molecule has 0 aliphatic rings. The Morgan fingerprint density at radius 1 is 0.614 bits per heavy atom. The Morgan fingerprint density at radius 2 is 1.11 bits per heavy atom. The van der Waals surface area contributed by atoms with Crippen LogP contribution in [-0.4, -0.2) is 62.3 Å². The summed E-state index contributed by atoms with van der Waals surface area (Å²) in [5.74, 6) is -1.15. The van der Waals surface area contributed by atoms with Gasteiger partial charge in [0.25, 0.3) is 0 Å². The number of azo groups is 2. The minimum atomic E-state index is -5.30. The predicted molar refractivity (Wildman–Crippen MR) is 200 cm³/mol. The third kappa shape index (κ3) is 8.65. The molecule has 0 heterocycles. The van der Waals surface area contributed by atoms with E-state index in [1.54, 1.807) is 18.2 Å². The highest BCUT2D eigenvalue weighted by atomic mass is 32.2. The molecule has 0 aliphatic heterocycles. The number of phenols is 2. The van der Waals surface area contributed by atoms with Gasteiger partial charge in [-0.2, -0.15) is 5.11 Å². The van der Waals surface area contributed by atoms with Gasteiger partial charge in [0.15, 0.2) is 11.5 Å². The van der Waals surface area contributed by atoms with Crippen molar-refractivity contribution in [2.45, 2.75) is 21.6 Å². The maximum Gasteiger partial charge on any atom is 0.323 e. The number of fused-ring (bicyclic) bond motifs is 2. The molecule has 2 amide bonds. The summed E-state index contributed by atoms with van der Waals surface area (Å²) in [6.07, 6.45) is 0. The molecule has 6 rings (SSSR count). The normalized spacial score (nSPS) is 12.4. The fourth-order valence-corrected chi connectivity index (χ4v) is 7.39. The van der Waals surface area contributed by atoms with E-state index < -0.39 is 73.9 Å². The Bertz CT molecular complexity index is 3050. The number of phenolic OH excluding ortho intramolecular Hbond substituents is 2. The number of anilines is 2. The van der Waals surface area contributed by atoms with Crippen molar-refractivity contribution in [1.29, 1.82) is 0 Å². The van der Waals surface area contributed by atoms with Crippen LogP contribution in [-0.2, 0) is 30.4 Å². The molecule has 0 fully saturated rings. The lowest BCUT2D eigenvalue weighted by Gasteiger charge is -2.15. The van der Waals surface area contributed by atoms with Crippen molar-refractivity contribution >= 4 is 92.1 Å². The van der Waals surface area contributed by atoms with Crippen LogP contribution in [0.4, 0.5) is 38.9 Å². The number of aryl methyl sites for hydroxylation is 1. The van der Waals surface area contributed by atoms with Crippen molar-refractivity contribution in [2.24, 2.45) is 20.5 Å². The summed E-state index contributed by atoms with van der Waals surface area (Å²) >= 11 is 0. The summed E-state index contributed by atoms with van der Waals surface area (Å²) in [4.78, 5) is 10.6. The number of rotatable bonds is 10. The number of amides is 2. The molecule has 0 saturated carbocycles. The van der Waals surface area contributed by atoms with Crippen molar-refractivity contribution in [3.05, 3.63) is 96.6 Å². The molecule has 4 N–H and O–H groups in total. The van der Waals surface area contributed by atoms with Gasteiger partial charge in [0, 0.05) is 22.1 Å². The minimum Gasteiger partial charge on any atom is -0.744 e. The number of aromatic hydroxyl groups is 2. The third-order valence-electron chi connectivity index (χ3n) is 8.21. The van der Waals surface area contributed by atoms with Gasteiger partial charge in [-0.25, -0.2) is 30.0 Å². The molecule has 6 aromatic rings. The first-order valence-electron chi connectivity index (χ1n) is 15.9. The molecule has 57 heavy (non-hydrogen) atoms. The van der Waals surface area contributed by atoms with Crippen LogP contribution >= 0.6 is 0 Å². The fraction of sp³-hybridized carbons (Fsp3) is 0.0571. The summed E-state index contributed by atoms with van der Waals surface area (Å²) in [6, 6.07) is 18.3. The SMILES string of the molecule is COc1ccccc1N=Nc1c(S(=O)(=O)[O-])cc2cc(NC(=O)Nc3ccc4c(O)c(N=Nc5ccc(S(=O)(=O)[O-])cc5C)c(S(=O)(=O)[O-])cc4c3)ccc2c1O. The zero-order chi connectivity index (χ0) is 41.4. The highest BCUT2D eigenvalue weighted by Gasteiger charge is 2.20. The van der Waals surface area contributed by atoms with Crippen LogP contribution < -0.4 is 15.4 Å². The largest absolute Gasteiger partial charge is 0.744 e. The van der Waals surface area contributed by atoms with Crippen molar-refractivity contribution in [2.75, 3.05) is 17.7 Å². The number of carbonyl (C=O) groups excluding carboxylic acids is 1. The van der Waals surface area contributed by atoms with E-state index in [4.69, 9.17) is 4.74 Å². The topological polar surface area (TPSA) is 312 Å². The van der Waals surface area contributed by atoms with Crippen LogP contribution in [0, 0.1) is 6.92 Å². The number of nitrogens with one attached hydrogen (secondary N) is 2. The smallest absolute Gasteiger partial charge is 0.323 e. The van der Waals surface area contributed by atoms with Crippen molar-refractivity contribution in [3.8, 4) is 17.2 Å². The van der Waals surface area contributed by atoms with Crippen molar-refractivity contribution in [3.63, 3.8) is 0 Å². The molecule has 294 valence electrons. The van der Waals surface area contributed by atoms with Crippen LogP contribution in [0.25, 0.3) is 21.5 Å². The quantitative estimate of drug-likeness (QED) is 0.0806. The predicted octanol–water partition coefficient (Wildman–Crippen LogP) is 6.91. The molecule has 0 radical (unpaired) electrons. The maximum absolute atomic E-state index is 13.0. The molecule has 0 aliphatic carbocycles. The van der Waals surface area contributed by atoms with Gasteiger partial charge in [-0.3, -0.25) is 0 Å². The zero-order valence-corrected chi connectivity index (χ0v) is 31.5. The molecule has 0 unspecified atom stereocenters. The van der Waals surface area contributed by atoms with Gasteiger partial charge in [-0.1, -0.05) is 12.1 Å². The van der Waals surface area contributed by atoms with E-state index >= 15 is 0 Å². The first kappa shape index (κ1) is 40.1. The average Bonchev–Trinajstić information content (AvgIpc) is 3.13. The van der Waals surface area contributed by atoms with Crippen molar-refractivity contribution < 1.29 is 58.7 Å². The number of hydrogen-bond donors (Lipinski definition) is 4. The number of urea groups is 1. The first-order chi connectivity index (χ1) is 26.7. The Hall–Kier alpha value is -6.56. The second-order valence-corrected chi connectivity index (χ2v) is 16.1. The van der Waals surface area contributed by atoms with Gasteiger partial charge in [-0.05, 0) is 102 Å². The third-order valence-corrected chi connectivity index (χ3v) is 10.7. The van der Waals surface area contributed by atoms with E-state index in [0.717, 1.165) is 30.3 Å². The van der Waals surface area contributed by atoms with Crippen LogP contribution in [0.3, 0.4) is 0 Å². The second kappa shape index (κ2) is 15.2. The number of benzene rings is 6. The number of para-hydroxylation sites is 1. The minimum absolute atomic E-state index is 0.00257. The molecule has 0 saturated heterocycles. The Kier molecular flexibility index (Phi) is 10.7. The lowest BCUT2D eigenvalue weighted by molar-refractivity contribution is 0.262. The van der Waals surface area contributed by atoms with Gasteiger partial charge >= 0.3 is 6.03 Å². The van der Waals surface area contributed by atoms with Crippen LogP contribution in [0.2, 0.25) is 0 Å². The summed E-state index contributed by atoms with van der Waals surface area (Å²) < 4.78 is 113. The van der Waals surface area contributed by atoms with Gasteiger partial charge in [0.2, 0.25) is 0 Å². The van der Waals surface area contributed by atoms with Gasteiger partial charge in [-0.15, -0.1) is 15.3 Å². The first-order valence-corrected chi connectivity index (χ1v) is 20.1. The highest BCUT2D eigenvalue weighted by molar-refractivity contribution is 7.86. The van der Waals surface area contributed by atoms with Crippen LogP contribution in [0.5, 0.6) is 17.2 Å². The number of carbonyl (C=O) groups is 1. The van der Waals surface area contributed by atoms with E-state index in [0.29, 0.717) is 0 Å². The summed E-state index contributed by atoms with van der Waals surface area (Å²) in [6.45, 7) is 1.40. The molecule has 19 nitrogen and oxygen atoms in total. The fourth-order valence-electron chi connectivity index (χ4n) is 5.54. The molecule has 0 aromatic heterocycles. The number of nitrogens with zero attached hydrogens (tertiary/aromatic N) is 4. The summed E-state index contributed by atoms with van der Waals surface area (Å²) in [7, 11) is -13.9. The lowest BCUT2D eigenvalue weighted by Crippen LogP contribution is -2.19. The number of methoxy groups -OCH3 is 1. The Labute approximate surface area is 323 Å². The molecular weight excluding hydrogens is 809 g/mol. The Morgan fingerprint density at radius 3 is 1.56 bits per heavy atom. The monoisotopic (exact) mass is 833 g/mol. The number of ether oxygens (including phenoxy) is 1. The van der Waals surface area contributed by atoms with Crippen molar-refractivity contribution in [1.82, 2.24) is 0 Å². The average molecular weight is 834 g/mol. The molecule has 0 bridgehead atoms. The highest BCUT2D eigenvalue weighted by Crippen LogP contribution is 2.44. The van der Waals surface area contributed by atoms with E-state index in [1.165, 1.54) is 56.5 Å². The summed E-state index contributed by atoms with van der Waals surface area (Å²) in [5.41, 5.74) is -0.871. The van der Waals surface area contributed by atoms with E-state index in [1.807, 2.05) is 0 Å². The van der Waals surface area contributed by atoms with Gasteiger partial charge in [0.1, 0.15) is 53.2 Å². The standard InChI is InChI=1S/C35H28N6O13S3/c1-18-13-23(55(45,46)47)9-12-26(18)38-40-31-29(56(48,49)50)16-19-14-21(7-10-24(19)33(31)42)36-35(44)37-22-8-11-25-20(15-22)17-30(57(51,52)53)32(34(25)43)41-39-27-5-3-4-6-28(27)54-2/h3-17,42-43H,1-2H3,(H2,36,37,44)(H,45,46,47)(H,48,49,50)(H,51,52,53)/p-3. The summed E-state index contributed by atoms with van der Waals surface area (Å²) in [5, 5.41) is 42.4. The molecule has 0 spiro atoms. The Balaban J connectivity index is 1.27. The zero-order valence-electron chi connectivity index (χ0n) is 29.1. The molecule has 6 aromatic carbocycles. The van der Waals surface area contributed by atoms with E-state index in [9.17, 15) is 53.9 Å². The number of hydrogen-bond acceptors (Lipinski definition) is 17. The van der Waals surface area contributed by atoms with Crippen LogP contribution in [0.15, 0.2) is 126 Å². The van der Waals surface area contributed by atoms with Crippen LogP contribution in [0.1, 0.15) is 5.56 Å². The van der Waals surface area contributed by atoms with Gasteiger partial charge in [0.05, 0.1) is 27.5 Å². The van der Waals surface area contributed by atoms with Gasteiger partial charge < -0.3 is 39.2 Å². The maximum atomic E-state index is 13.0. The molecular formula is C35H25N6O13S3-3.